The van der Waals surface area contributed by atoms with Crippen molar-refractivity contribution >= 4 is 11.9 Å². The summed E-state index contributed by atoms with van der Waals surface area (Å²) in [4.78, 5) is 23.4. The number of carbonyl (C=O) groups excluding carboxylic acids is 1. The Labute approximate surface area is 294 Å². The van der Waals surface area contributed by atoms with Crippen LogP contribution < -0.4 is 0 Å². The average molecular weight is 663 g/mol. The fraction of sp³-hybridized carbons (Fsp3) is 0.907. The molecule has 47 heavy (non-hydrogen) atoms. The molecule has 278 valence electrons. The maximum Gasteiger partial charge on any atom is 0.306 e. The van der Waals surface area contributed by atoms with Crippen LogP contribution in [0.5, 0.6) is 0 Å². The Morgan fingerprint density at radius 1 is 0.447 bits per heavy atom. The summed E-state index contributed by atoms with van der Waals surface area (Å²) in [5.74, 6) is -0.698. The molecule has 4 nitrogen and oxygen atoms in total. The molecule has 4 heteroatoms. The van der Waals surface area contributed by atoms with Crippen molar-refractivity contribution in [2.45, 2.75) is 251 Å². The van der Waals surface area contributed by atoms with Gasteiger partial charge in [-0.15, -0.1) is 0 Å². The first-order valence-corrected chi connectivity index (χ1v) is 21.2. The fourth-order valence-electron chi connectivity index (χ4n) is 6.59. The van der Waals surface area contributed by atoms with Crippen LogP contribution in [0.25, 0.3) is 0 Å². The summed E-state index contributed by atoms with van der Waals surface area (Å²) in [6.45, 7) is 4.55. The Morgan fingerprint density at radius 2 is 0.766 bits per heavy atom. The zero-order chi connectivity index (χ0) is 34.3. The van der Waals surface area contributed by atoms with Crippen molar-refractivity contribution in [3.05, 3.63) is 12.2 Å². The summed E-state index contributed by atoms with van der Waals surface area (Å²) >= 11 is 0. The largest absolute Gasteiger partial charge is 0.481 e. The second-order valence-electron chi connectivity index (χ2n) is 14.5. The molecule has 0 radical (unpaired) electrons. The maximum atomic E-state index is 12.7. The first-order valence-electron chi connectivity index (χ1n) is 21.2. The van der Waals surface area contributed by atoms with Crippen molar-refractivity contribution in [3.63, 3.8) is 0 Å². The quantitative estimate of drug-likeness (QED) is 0.0404. The van der Waals surface area contributed by atoms with Gasteiger partial charge in [-0.25, -0.2) is 0 Å². The second-order valence-corrected chi connectivity index (χ2v) is 14.5. The minimum Gasteiger partial charge on any atom is -0.481 e. The third-order valence-corrected chi connectivity index (χ3v) is 9.74. The number of carbonyl (C=O) groups is 2. The maximum absolute atomic E-state index is 12.7. The van der Waals surface area contributed by atoms with Crippen LogP contribution >= 0.6 is 0 Å². The predicted molar refractivity (Wildman–Crippen MR) is 204 cm³/mol. The molecule has 1 N–H and O–H groups in total. The number of carboxylic acids is 1. The van der Waals surface area contributed by atoms with E-state index in [2.05, 4.69) is 26.0 Å². The Bertz CT molecular complexity index is 673. The lowest BCUT2D eigenvalue weighted by Gasteiger charge is -2.18. The number of rotatable bonds is 39. The zero-order valence-electron chi connectivity index (χ0n) is 31.9. The van der Waals surface area contributed by atoms with Gasteiger partial charge in [-0.05, 0) is 64.2 Å². The van der Waals surface area contributed by atoms with E-state index in [0.717, 1.165) is 64.2 Å². The number of unbranched alkanes of at least 4 members (excludes halogenated alkanes) is 28. The van der Waals surface area contributed by atoms with Gasteiger partial charge in [-0.1, -0.05) is 180 Å². The molecule has 0 amide bonds. The van der Waals surface area contributed by atoms with Crippen LogP contribution in [-0.2, 0) is 14.3 Å². The van der Waals surface area contributed by atoms with Gasteiger partial charge in [-0.3, -0.25) is 9.59 Å². The summed E-state index contributed by atoms with van der Waals surface area (Å²) in [7, 11) is 0. The second kappa shape index (κ2) is 39.1. The van der Waals surface area contributed by atoms with Gasteiger partial charge in [-0.2, -0.15) is 0 Å². The van der Waals surface area contributed by atoms with E-state index in [9.17, 15) is 9.59 Å². The third kappa shape index (κ3) is 39.0. The molecule has 0 heterocycles. The van der Waals surface area contributed by atoms with E-state index < -0.39 is 5.97 Å². The number of hydrogen-bond acceptors (Lipinski definition) is 3. The minimum atomic E-state index is -0.698. The van der Waals surface area contributed by atoms with Crippen molar-refractivity contribution in [3.8, 4) is 0 Å². The van der Waals surface area contributed by atoms with Crippen LogP contribution in [0, 0.1) is 0 Å². The van der Waals surface area contributed by atoms with Crippen molar-refractivity contribution in [1.82, 2.24) is 0 Å². The van der Waals surface area contributed by atoms with Crippen molar-refractivity contribution < 1.29 is 19.4 Å². The number of ether oxygens (including phenoxy) is 1. The molecule has 0 rings (SSSR count). The molecular formula is C43H82O4. The molecule has 0 aliphatic carbocycles. The average Bonchev–Trinajstić information content (AvgIpc) is 3.05. The van der Waals surface area contributed by atoms with Crippen molar-refractivity contribution in [2.75, 3.05) is 0 Å². The van der Waals surface area contributed by atoms with Crippen LogP contribution in [0.4, 0.5) is 0 Å². The van der Waals surface area contributed by atoms with E-state index in [1.165, 1.54) is 154 Å². The number of hydrogen-bond donors (Lipinski definition) is 1. The number of allylic oxidation sites excluding steroid dienone is 2. The zero-order valence-corrected chi connectivity index (χ0v) is 31.9. The van der Waals surface area contributed by atoms with Gasteiger partial charge >= 0.3 is 11.9 Å². The van der Waals surface area contributed by atoms with E-state index >= 15 is 0 Å². The number of esters is 1. The summed E-state index contributed by atoms with van der Waals surface area (Å²) < 4.78 is 6.02. The van der Waals surface area contributed by atoms with Gasteiger partial charge in [0.1, 0.15) is 6.10 Å². The molecule has 0 spiro atoms. The third-order valence-electron chi connectivity index (χ3n) is 9.74. The highest BCUT2D eigenvalue weighted by Crippen LogP contribution is 2.19. The van der Waals surface area contributed by atoms with Gasteiger partial charge in [0.25, 0.3) is 0 Å². The Morgan fingerprint density at radius 3 is 1.15 bits per heavy atom. The molecule has 0 aliphatic heterocycles. The van der Waals surface area contributed by atoms with E-state index in [4.69, 9.17) is 9.84 Å². The highest BCUT2D eigenvalue weighted by molar-refractivity contribution is 5.69. The Hall–Kier alpha value is -1.32. The monoisotopic (exact) mass is 663 g/mol. The molecule has 1 unspecified atom stereocenters. The van der Waals surface area contributed by atoms with Gasteiger partial charge < -0.3 is 9.84 Å². The summed E-state index contributed by atoms with van der Waals surface area (Å²) in [6.07, 6.45) is 48.1. The molecule has 0 aromatic heterocycles. The van der Waals surface area contributed by atoms with Crippen molar-refractivity contribution in [2.24, 2.45) is 0 Å². The van der Waals surface area contributed by atoms with Crippen LogP contribution in [-0.4, -0.2) is 23.1 Å². The molecular weight excluding hydrogens is 580 g/mol. The lowest BCUT2D eigenvalue weighted by molar-refractivity contribution is -0.150. The molecule has 0 saturated heterocycles. The molecule has 0 bridgehead atoms. The van der Waals surface area contributed by atoms with Gasteiger partial charge in [0, 0.05) is 12.8 Å². The van der Waals surface area contributed by atoms with Crippen LogP contribution in [0.1, 0.15) is 245 Å². The minimum absolute atomic E-state index is 0.000660. The SMILES string of the molecule is CCCCCCC/C=C\CCCCCCCC(=O)OC(CCCCCCCCCCCCCCCCC)CCCCCCCC(=O)O. The van der Waals surface area contributed by atoms with E-state index in [-0.39, 0.29) is 18.5 Å². The molecule has 1 atom stereocenters. The van der Waals surface area contributed by atoms with Crippen LogP contribution in [0.3, 0.4) is 0 Å². The highest BCUT2D eigenvalue weighted by atomic mass is 16.5. The highest BCUT2D eigenvalue weighted by Gasteiger charge is 2.14. The predicted octanol–water partition coefficient (Wildman–Crippen LogP) is 14.6. The van der Waals surface area contributed by atoms with E-state index in [1.807, 2.05) is 0 Å². The van der Waals surface area contributed by atoms with Crippen molar-refractivity contribution in [1.29, 1.82) is 0 Å². The van der Waals surface area contributed by atoms with Crippen LogP contribution in [0.2, 0.25) is 0 Å². The molecule has 0 aromatic carbocycles. The van der Waals surface area contributed by atoms with Gasteiger partial charge in [0.05, 0.1) is 0 Å². The smallest absolute Gasteiger partial charge is 0.306 e. The number of carboxylic acid groups (broad SMARTS) is 1. The summed E-state index contributed by atoms with van der Waals surface area (Å²) in [6, 6.07) is 0. The van der Waals surface area contributed by atoms with Gasteiger partial charge in [0.2, 0.25) is 0 Å². The van der Waals surface area contributed by atoms with E-state index in [0.29, 0.717) is 6.42 Å². The Kier molecular flexibility index (Phi) is 38.0. The Balaban J connectivity index is 4.01. The van der Waals surface area contributed by atoms with Gasteiger partial charge in [0.15, 0.2) is 0 Å². The standard InChI is InChI=1S/C43H82O4/c1-3-5-7-9-11-13-15-17-19-20-22-24-26-29-33-37-41(38-34-30-28-31-35-39-42(44)45)47-43(46)40-36-32-27-25-23-21-18-16-14-12-10-8-6-4-2/h16,18,41H,3-15,17,19-40H2,1-2H3,(H,44,45)/b18-16-. The number of aliphatic carboxylic acids is 1. The molecule has 0 fully saturated rings. The van der Waals surface area contributed by atoms with Crippen LogP contribution in [0.15, 0.2) is 12.2 Å². The first-order chi connectivity index (χ1) is 23.1. The fourth-order valence-corrected chi connectivity index (χ4v) is 6.59. The molecule has 0 saturated carbocycles. The summed E-state index contributed by atoms with van der Waals surface area (Å²) in [5.41, 5.74) is 0. The first kappa shape index (κ1) is 45.7. The summed E-state index contributed by atoms with van der Waals surface area (Å²) in [5, 5.41) is 8.83. The normalized spacial score (nSPS) is 12.2. The molecule has 0 aromatic rings. The van der Waals surface area contributed by atoms with E-state index in [1.54, 1.807) is 0 Å². The topological polar surface area (TPSA) is 63.6 Å². The molecule has 0 aliphatic rings. The lowest BCUT2D eigenvalue weighted by atomic mass is 10.0. The lowest BCUT2D eigenvalue weighted by Crippen LogP contribution is -2.18.